The molecule has 0 atom stereocenters. The van der Waals surface area contributed by atoms with Crippen molar-refractivity contribution in [2.75, 3.05) is 5.75 Å². The Morgan fingerprint density at radius 2 is 2.38 bits per heavy atom. The van der Waals surface area contributed by atoms with Gasteiger partial charge in [0.05, 0.1) is 11.4 Å². The van der Waals surface area contributed by atoms with Gasteiger partial charge < -0.3 is 4.42 Å². The lowest BCUT2D eigenvalue weighted by Crippen LogP contribution is -2.09. The normalized spacial score (nSPS) is 10.8. The predicted molar refractivity (Wildman–Crippen MR) is 51.8 cm³/mol. The first-order chi connectivity index (χ1) is 6.09. The summed E-state index contributed by atoms with van der Waals surface area (Å²) in [4.78, 5) is 15.3. The Kier molecular flexibility index (Phi) is 3.54. The third kappa shape index (κ3) is 3.22. The molecule has 1 rings (SSSR count). The second kappa shape index (κ2) is 4.46. The van der Waals surface area contributed by atoms with Crippen molar-refractivity contribution in [3.8, 4) is 0 Å². The van der Waals surface area contributed by atoms with Crippen LogP contribution >= 0.6 is 11.8 Å². The lowest BCUT2D eigenvalue weighted by Gasteiger charge is -2.00. The summed E-state index contributed by atoms with van der Waals surface area (Å²) in [6.45, 7) is 5.64. The Hall–Kier alpha value is -0.770. The first-order valence-corrected chi connectivity index (χ1v) is 5.16. The van der Waals surface area contributed by atoms with E-state index in [1.807, 2.05) is 20.8 Å². The number of carbonyl (C=O) groups excluding carboxylic acids is 1. The van der Waals surface area contributed by atoms with Crippen LogP contribution in [0.1, 0.15) is 19.5 Å². The van der Waals surface area contributed by atoms with Crippen LogP contribution in [0.3, 0.4) is 0 Å². The fraction of sp³-hybridized carbons (Fsp3) is 0.556. The highest BCUT2D eigenvalue weighted by Gasteiger charge is 2.09. The Morgan fingerprint density at radius 3 is 2.85 bits per heavy atom. The number of hydrogen-bond donors (Lipinski definition) is 0. The van der Waals surface area contributed by atoms with Gasteiger partial charge in [-0.05, 0) is 6.92 Å². The van der Waals surface area contributed by atoms with Crippen molar-refractivity contribution >= 4 is 17.5 Å². The first-order valence-electron chi connectivity index (χ1n) is 4.17. The topological polar surface area (TPSA) is 43.1 Å². The predicted octanol–water partition coefficient (Wildman–Crippen LogP) is 2.30. The molecule has 1 heterocycles. The van der Waals surface area contributed by atoms with E-state index in [0.717, 1.165) is 5.69 Å². The van der Waals surface area contributed by atoms with E-state index >= 15 is 0 Å². The van der Waals surface area contributed by atoms with Crippen molar-refractivity contribution in [1.82, 2.24) is 4.98 Å². The quantitative estimate of drug-likeness (QED) is 0.698. The average molecular weight is 199 g/mol. The molecule has 13 heavy (non-hydrogen) atoms. The summed E-state index contributed by atoms with van der Waals surface area (Å²) >= 11 is 1.35. The van der Waals surface area contributed by atoms with E-state index in [1.165, 1.54) is 11.8 Å². The van der Waals surface area contributed by atoms with Gasteiger partial charge in [0.25, 0.3) is 5.22 Å². The zero-order valence-electron chi connectivity index (χ0n) is 8.03. The van der Waals surface area contributed by atoms with E-state index in [1.54, 1.807) is 6.26 Å². The summed E-state index contributed by atoms with van der Waals surface area (Å²) in [5.74, 6) is 0.752. The molecule has 4 heteroatoms. The molecule has 3 nitrogen and oxygen atoms in total. The number of aromatic nitrogens is 1. The summed E-state index contributed by atoms with van der Waals surface area (Å²) < 4.78 is 5.09. The zero-order chi connectivity index (χ0) is 9.84. The van der Waals surface area contributed by atoms with E-state index < -0.39 is 0 Å². The summed E-state index contributed by atoms with van der Waals surface area (Å²) in [7, 11) is 0. The Labute approximate surface area is 81.9 Å². The van der Waals surface area contributed by atoms with Crippen LogP contribution < -0.4 is 0 Å². The van der Waals surface area contributed by atoms with Crippen LogP contribution in [0, 0.1) is 12.8 Å². The van der Waals surface area contributed by atoms with Crippen LogP contribution in [0.4, 0.5) is 0 Å². The Morgan fingerprint density at radius 1 is 1.69 bits per heavy atom. The number of aryl methyl sites for hydroxylation is 1. The summed E-state index contributed by atoms with van der Waals surface area (Å²) in [5, 5.41) is 0.575. The molecule has 1 aromatic heterocycles. The van der Waals surface area contributed by atoms with Crippen molar-refractivity contribution in [3.63, 3.8) is 0 Å². The standard InChI is InChI=1S/C9H13NO2S/c1-6(2)8(11)5-13-9-10-7(3)4-12-9/h4,6H,5H2,1-3H3. The first kappa shape index (κ1) is 10.3. The van der Waals surface area contributed by atoms with Crippen molar-refractivity contribution in [2.45, 2.75) is 26.0 Å². The Balaban J connectivity index is 2.39. The molecule has 0 aromatic carbocycles. The maximum atomic E-state index is 11.2. The molecule has 0 spiro atoms. The van der Waals surface area contributed by atoms with Crippen LogP contribution in [0.25, 0.3) is 0 Å². The van der Waals surface area contributed by atoms with E-state index in [9.17, 15) is 4.79 Å². The molecule has 1 aromatic rings. The van der Waals surface area contributed by atoms with Gasteiger partial charge in [0.2, 0.25) is 0 Å². The molecule has 0 radical (unpaired) electrons. The zero-order valence-corrected chi connectivity index (χ0v) is 8.85. The molecule has 0 saturated carbocycles. The van der Waals surface area contributed by atoms with E-state index in [0.29, 0.717) is 11.0 Å². The second-order valence-corrected chi connectivity index (χ2v) is 4.09. The van der Waals surface area contributed by atoms with Gasteiger partial charge in [-0.1, -0.05) is 25.6 Å². The highest BCUT2D eigenvalue weighted by Crippen LogP contribution is 2.17. The van der Waals surface area contributed by atoms with Crippen molar-refractivity contribution in [1.29, 1.82) is 0 Å². The van der Waals surface area contributed by atoms with Crippen LogP contribution in [0.5, 0.6) is 0 Å². The molecule has 0 bridgehead atoms. The summed E-state index contributed by atoms with van der Waals surface area (Å²) in [6, 6.07) is 0. The molecule has 0 aliphatic rings. The smallest absolute Gasteiger partial charge is 0.256 e. The molecular formula is C9H13NO2S. The SMILES string of the molecule is Cc1coc(SCC(=O)C(C)C)n1. The molecule has 0 aliphatic heterocycles. The molecule has 0 saturated heterocycles. The molecule has 0 aliphatic carbocycles. The van der Waals surface area contributed by atoms with Crippen LogP contribution in [-0.4, -0.2) is 16.5 Å². The minimum atomic E-state index is 0.0866. The number of carbonyl (C=O) groups is 1. The monoisotopic (exact) mass is 199 g/mol. The van der Waals surface area contributed by atoms with Gasteiger partial charge in [-0.15, -0.1) is 0 Å². The minimum absolute atomic E-state index is 0.0866. The summed E-state index contributed by atoms with van der Waals surface area (Å²) in [6.07, 6.45) is 1.59. The molecular weight excluding hydrogens is 186 g/mol. The van der Waals surface area contributed by atoms with Gasteiger partial charge in [0.1, 0.15) is 12.0 Å². The number of Topliss-reactive ketones (excluding diaryl/α,β-unsaturated/α-hetero) is 1. The van der Waals surface area contributed by atoms with Crippen molar-refractivity contribution in [2.24, 2.45) is 5.92 Å². The Bertz CT molecular complexity index is 294. The number of hydrogen-bond acceptors (Lipinski definition) is 4. The summed E-state index contributed by atoms with van der Waals surface area (Å²) in [5.41, 5.74) is 0.847. The van der Waals surface area contributed by atoms with Crippen molar-refractivity contribution < 1.29 is 9.21 Å². The third-order valence-corrected chi connectivity index (χ3v) is 2.44. The highest BCUT2D eigenvalue weighted by atomic mass is 32.2. The molecule has 0 N–H and O–H groups in total. The lowest BCUT2D eigenvalue weighted by molar-refractivity contribution is -0.119. The van der Waals surface area contributed by atoms with Gasteiger partial charge >= 0.3 is 0 Å². The van der Waals surface area contributed by atoms with Crippen LogP contribution in [0.15, 0.2) is 15.9 Å². The third-order valence-electron chi connectivity index (χ3n) is 1.58. The maximum Gasteiger partial charge on any atom is 0.256 e. The molecule has 0 amide bonds. The van der Waals surface area contributed by atoms with Gasteiger partial charge in [-0.3, -0.25) is 4.79 Å². The minimum Gasteiger partial charge on any atom is -0.440 e. The molecule has 72 valence electrons. The number of nitrogens with zero attached hydrogens (tertiary/aromatic N) is 1. The number of oxazole rings is 1. The fourth-order valence-electron chi connectivity index (χ4n) is 0.698. The lowest BCUT2D eigenvalue weighted by atomic mass is 10.1. The maximum absolute atomic E-state index is 11.2. The average Bonchev–Trinajstić information content (AvgIpc) is 2.47. The van der Waals surface area contributed by atoms with E-state index in [-0.39, 0.29) is 11.7 Å². The van der Waals surface area contributed by atoms with Crippen LogP contribution in [0.2, 0.25) is 0 Å². The van der Waals surface area contributed by atoms with Crippen molar-refractivity contribution in [3.05, 3.63) is 12.0 Å². The van der Waals surface area contributed by atoms with Gasteiger partial charge in [-0.25, -0.2) is 4.98 Å². The van der Waals surface area contributed by atoms with Gasteiger partial charge in [0.15, 0.2) is 0 Å². The largest absolute Gasteiger partial charge is 0.440 e. The van der Waals surface area contributed by atoms with E-state index in [2.05, 4.69) is 4.98 Å². The van der Waals surface area contributed by atoms with Crippen LogP contribution in [-0.2, 0) is 4.79 Å². The molecule has 0 unspecified atom stereocenters. The van der Waals surface area contributed by atoms with Gasteiger partial charge in [-0.2, -0.15) is 0 Å². The van der Waals surface area contributed by atoms with E-state index in [4.69, 9.17) is 4.42 Å². The number of ketones is 1. The molecule has 0 fully saturated rings. The highest BCUT2D eigenvalue weighted by molar-refractivity contribution is 7.99. The van der Waals surface area contributed by atoms with Gasteiger partial charge in [0, 0.05) is 5.92 Å². The number of rotatable bonds is 4. The number of thioether (sulfide) groups is 1. The fourth-order valence-corrected chi connectivity index (χ4v) is 1.62. The second-order valence-electron chi connectivity index (χ2n) is 3.16.